The summed E-state index contributed by atoms with van der Waals surface area (Å²) in [6.45, 7) is 5.89. The molecule has 0 spiro atoms. The fourth-order valence-electron chi connectivity index (χ4n) is 2.02. The third-order valence-electron chi connectivity index (χ3n) is 3.76. The van der Waals surface area contributed by atoms with Gasteiger partial charge in [-0.15, -0.1) is 0 Å². The number of unbranched alkanes of at least 4 members (excludes halogenated alkanes) is 1. The standard InChI is InChI=1S/C17H27NO3S/c1-5-6-7-17(19)15(3)12-13-18(4)22(20,21)16-10-8-14(2)9-11-16/h8-13,15,17,19H,5-7H2,1-4H3/b13-12-/t15-,17+/m0/s1. The molecule has 124 valence electrons. The number of benzene rings is 1. The minimum absolute atomic E-state index is 0.0813. The zero-order valence-corrected chi connectivity index (χ0v) is 14.7. The maximum Gasteiger partial charge on any atom is 0.263 e. The van der Waals surface area contributed by atoms with Gasteiger partial charge >= 0.3 is 0 Å². The average Bonchev–Trinajstić information content (AvgIpc) is 2.50. The maximum atomic E-state index is 12.4. The van der Waals surface area contributed by atoms with E-state index >= 15 is 0 Å². The van der Waals surface area contributed by atoms with Crippen molar-refractivity contribution in [2.45, 2.75) is 51.0 Å². The van der Waals surface area contributed by atoms with Crippen LogP contribution in [0.5, 0.6) is 0 Å². The van der Waals surface area contributed by atoms with E-state index in [4.69, 9.17) is 0 Å². The number of aliphatic hydroxyl groups excluding tert-OH is 1. The van der Waals surface area contributed by atoms with E-state index in [-0.39, 0.29) is 10.8 Å². The Morgan fingerprint density at radius 2 is 1.86 bits per heavy atom. The van der Waals surface area contributed by atoms with E-state index in [0.29, 0.717) is 0 Å². The van der Waals surface area contributed by atoms with Gasteiger partial charge < -0.3 is 5.11 Å². The summed E-state index contributed by atoms with van der Waals surface area (Å²) in [6.07, 6.45) is 5.57. The fraction of sp³-hybridized carbons (Fsp3) is 0.529. The molecule has 0 saturated heterocycles. The highest BCUT2D eigenvalue weighted by Gasteiger charge is 2.18. The van der Waals surface area contributed by atoms with Gasteiger partial charge in [0.05, 0.1) is 11.0 Å². The molecule has 0 bridgehead atoms. The zero-order chi connectivity index (χ0) is 16.8. The van der Waals surface area contributed by atoms with Crippen molar-refractivity contribution < 1.29 is 13.5 Å². The van der Waals surface area contributed by atoms with E-state index in [1.807, 2.05) is 13.8 Å². The lowest BCUT2D eigenvalue weighted by Gasteiger charge is -2.18. The van der Waals surface area contributed by atoms with E-state index in [1.54, 1.807) is 30.3 Å². The van der Waals surface area contributed by atoms with Gasteiger partial charge in [-0.1, -0.05) is 50.5 Å². The van der Waals surface area contributed by atoms with Gasteiger partial charge in [0.2, 0.25) is 0 Å². The van der Waals surface area contributed by atoms with Crippen LogP contribution in [0, 0.1) is 12.8 Å². The van der Waals surface area contributed by atoms with Gasteiger partial charge in [0.15, 0.2) is 0 Å². The molecule has 0 aromatic heterocycles. The topological polar surface area (TPSA) is 57.6 Å². The number of aryl methyl sites for hydroxylation is 1. The van der Waals surface area contributed by atoms with Crippen LogP contribution in [0.15, 0.2) is 41.4 Å². The first-order valence-corrected chi connectivity index (χ1v) is 9.14. The van der Waals surface area contributed by atoms with E-state index in [0.717, 1.165) is 24.8 Å². The van der Waals surface area contributed by atoms with Crippen LogP contribution in [-0.2, 0) is 10.0 Å². The molecule has 4 nitrogen and oxygen atoms in total. The lowest BCUT2D eigenvalue weighted by atomic mass is 10.00. The monoisotopic (exact) mass is 325 g/mol. The van der Waals surface area contributed by atoms with E-state index in [9.17, 15) is 13.5 Å². The molecule has 1 N–H and O–H groups in total. The Labute approximate surface area is 134 Å². The number of nitrogens with zero attached hydrogens (tertiary/aromatic N) is 1. The van der Waals surface area contributed by atoms with Crippen LogP contribution in [0.2, 0.25) is 0 Å². The van der Waals surface area contributed by atoms with Crippen LogP contribution in [0.25, 0.3) is 0 Å². The highest BCUT2D eigenvalue weighted by molar-refractivity contribution is 7.89. The van der Waals surface area contributed by atoms with Gasteiger partial charge in [0.25, 0.3) is 10.0 Å². The summed E-state index contributed by atoms with van der Waals surface area (Å²) in [5.41, 5.74) is 1.02. The molecule has 0 unspecified atom stereocenters. The van der Waals surface area contributed by atoms with Gasteiger partial charge in [0, 0.05) is 19.2 Å². The number of aliphatic hydroxyl groups is 1. The fourth-order valence-corrected chi connectivity index (χ4v) is 3.06. The van der Waals surface area contributed by atoms with Crippen LogP contribution in [0.4, 0.5) is 0 Å². The Morgan fingerprint density at radius 1 is 1.27 bits per heavy atom. The first-order valence-electron chi connectivity index (χ1n) is 7.70. The molecule has 1 rings (SSSR count). The molecule has 1 aromatic carbocycles. The van der Waals surface area contributed by atoms with Crippen molar-refractivity contribution >= 4 is 10.0 Å². The molecule has 22 heavy (non-hydrogen) atoms. The number of sulfonamides is 1. The van der Waals surface area contributed by atoms with Crippen LogP contribution in [0.3, 0.4) is 0 Å². The SMILES string of the molecule is CCCC[C@@H](O)[C@@H](C)/C=C\N(C)S(=O)(=O)c1ccc(C)cc1. The third-order valence-corrected chi connectivity index (χ3v) is 5.51. The van der Waals surface area contributed by atoms with Crippen molar-refractivity contribution in [1.82, 2.24) is 4.31 Å². The molecule has 0 heterocycles. The second kappa shape index (κ2) is 8.34. The lowest BCUT2D eigenvalue weighted by molar-refractivity contribution is 0.125. The first-order chi connectivity index (χ1) is 10.3. The molecule has 0 amide bonds. The second-order valence-electron chi connectivity index (χ2n) is 5.74. The van der Waals surface area contributed by atoms with Crippen LogP contribution < -0.4 is 0 Å². The summed E-state index contributed by atoms with van der Waals surface area (Å²) in [4.78, 5) is 0.268. The van der Waals surface area contributed by atoms with Crippen LogP contribution in [0.1, 0.15) is 38.7 Å². The van der Waals surface area contributed by atoms with Gasteiger partial charge in [-0.25, -0.2) is 8.42 Å². The maximum absolute atomic E-state index is 12.4. The normalized spacial score (nSPS) is 15.0. The molecule has 1 aromatic rings. The molecule has 0 aliphatic carbocycles. The highest BCUT2D eigenvalue weighted by Crippen LogP contribution is 2.17. The van der Waals surface area contributed by atoms with E-state index in [2.05, 4.69) is 6.92 Å². The molecule has 0 saturated carbocycles. The molecule has 0 radical (unpaired) electrons. The lowest BCUT2D eigenvalue weighted by Crippen LogP contribution is -2.23. The molecule has 2 atom stereocenters. The summed E-state index contributed by atoms with van der Waals surface area (Å²) in [5, 5.41) is 9.99. The molecule has 0 fully saturated rings. The zero-order valence-electron chi connectivity index (χ0n) is 13.9. The van der Waals surface area contributed by atoms with Crippen molar-refractivity contribution in [3.63, 3.8) is 0 Å². The number of hydrogen-bond donors (Lipinski definition) is 1. The average molecular weight is 325 g/mol. The first kappa shape index (κ1) is 18.7. The number of hydrogen-bond acceptors (Lipinski definition) is 3. The van der Waals surface area contributed by atoms with Crippen molar-refractivity contribution in [3.05, 3.63) is 42.1 Å². The largest absolute Gasteiger partial charge is 0.393 e. The van der Waals surface area contributed by atoms with E-state index in [1.165, 1.54) is 17.6 Å². The minimum atomic E-state index is -3.53. The Kier molecular flexibility index (Phi) is 7.10. The quantitative estimate of drug-likeness (QED) is 0.797. The molecule has 0 aliphatic rings. The summed E-state index contributed by atoms with van der Waals surface area (Å²) in [7, 11) is -2.02. The van der Waals surface area contributed by atoms with Crippen LogP contribution >= 0.6 is 0 Å². The van der Waals surface area contributed by atoms with Crippen LogP contribution in [-0.4, -0.2) is 31.0 Å². The summed E-state index contributed by atoms with van der Waals surface area (Å²) >= 11 is 0. The summed E-state index contributed by atoms with van der Waals surface area (Å²) in [6, 6.07) is 6.77. The van der Waals surface area contributed by atoms with Gasteiger partial charge in [-0.2, -0.15) is 0 Å². The summed E-state index contributed by atoms with van der Waals surface area (Å²) in [5.74, 6) is -0.0813. The van der Waals surface area contributed by atoms with Gasteiger partial charge in [0.1, 0.15) is 0 Å². The molecular formula is C17H27NO3S. The Bertz CT molecular complexity index is 578. The van der Waals surface area contributed by atoms with Crippen molar-refractivity contribution in [2.24, 2.45) is 5.92 Å². The van der Waals surface area contributed by atoms with Gasteiger partial charge in [-0.3, -0.25) is 4.31 Å². The highest BCUT2D eigenvalue weighted by atomic mass is 32.2. The Balaban J connectivity index is 2.76. The summed E-state index contributed by atoms with van der Waals surface area (Å²) < 4.78 is 26.0. The van der Waals surface area contributed by atoms with Crippen molar-refractivity contribution in [3.8, 4) is 0 Å². The van der Waals surface area contributed by atoms with Crippen molar-refractivity contribution in [1.29, 1.82) is 0 Å². The molecule has 5 heteroatoms. The predicted octanol–water partition coefficient (Wildman–Crippen LogP) is 3.32. The third kappa shape index (κ3) is 5.14. The second-order valence-corrected chi connectivity index (χ2v) is 7.74. The van der Waals surface area contributed by atoms with Crippen molar-refractivity contribution in [2.75, 3.05) is 7.05 Å². The van der Waals surface area contributed by atoms with E-state index < -0.39 is 16.1 Å². The number of rotatable bonds is 8. The Morgan fingerprint density at radius 3 is 2.41 bits per heavy atom. The molecule has 0 aliphatic heterocycles. The minimum Gasteiger partial charge on any atom is -0.393 e. The Hall–Kier alpha value is -1.33. The van der Waals surface area contributed by atoms with Gasteiger partial charge in [-0.05, 0) is 25.5 Å². The smallest absolute Gasteiger partial charge is 0.263 e. The molecular weight excluding hydrogens is 298 g/mol. The predicted molar refractivity (Wildman–Crippen MR) is 90.0 cm³/mol.